The van der Waals surface area contributed by atoms with Crippen LogP contribution in [0.2, 0.25) is 0 Å². The van der Waals surface area contributed by atoms with Gasteiger partial charge in [-0.25, -0.2) is 9.97 Å². The number of aromatic nitrogens is 3. The maximum absolute atomic E-state index is 6.90. The van der Waals surface area contributed by atoms with Gasteiger partial charge < -0.3 is 26.5 Å². The lowest BCUT2D eigenvalue weighted by Crippen LogP contribution is -1.96. The lowest BCUT2D eigenvalue weighted by atomic mass is 9.94. The molecule has 1 aliphatic rings. The second-order valence-electron chi connectivity index (χ2n) is 21.9. The molecule has 0 fully saturated rings. The van der Waals surface area contributed by atoms with Crippen LogP contribution in [-0.4, -0.2) is 15.0 Å². The van der Waals surface area contributed by atoms with E-state index in [-0.39, 0.29) is 0 Å². The maximum atomic E-state index is 6.90. The molecule has 0 saturated heterocycles. The zero-order valence-electron chi connectivity index (χ0n) is 44.6. The molecule has 84 heavy (non-hydrogen) atoms. The van der Waals surface area contributed by atoms with Crippen LogP contribution < -0.4 is 0 Å². The van der Waals surface area contributed by atoms with Gasteiger partial charge in [0.1, 0.15) is 67.2 Å². The first kappa shape index (κ1) is 45.4. The largest absolute Gasteiger partial charge is 0.456 e. The molecular formula is C75H41N3O6. The van der Waals surface area contributed by atoms with Gasteiger partial charge in [-0.1, -0.05) is 127 Å². The molecule has 8 aromatic heterocycles. The molecule has 10 aromatic carbocycles. The lowest BCUT2D eigenvalue weighted by Gasteiger charge is -2.11. The summed E-state index contributed by atoms with van der Waals surface area (Å²) in [5, 5.41) is 10.9. The Morgan fingerprint density at radius 3 is 1.69 bits per heavy atom. The van der Waals surface area contributed by atoms with Crippen molar-refractivity contribution >= 4 is 127 Å². The van der Waals surface area contributed by atoms with Crippen molar-refractivity contribution in [2.45, 2.75) is 12.8 Å². The zero-order chi connectivity index (χ0) is 54.7. The molecule has 0 bridgehead atoms. The van der Waals surface area contributed by atoms with E-state index >= 15 is 0 Å². The van der Waals surface area contributed by atoms with E-state index in [1.54, 1.807) is 0 Å². The number of hydrogen-bond donors (Lipinski definition) is 0. The molecule has 1 aliphatic carbocycles. The molecule has 0 radical (unpaired) electrons. The predicted molar refractivity (Wildman–Crippen MR) is 336 cm³/mol. The van der Waals surface area contributed by atoms with Gasteiger partial charge in [0.05, 0.1) is 22.2 Å². The molecule has 0 N–H and O–H groups in total. The van der Waals surface area contributed by atoms with E-state index in [4.69, 9.17) is 36.5 Å². The predicted octanol–water partition coefficient (Wildman–Crippen LogP) is 21.1. The molecule has 8 heterocycles. The summed E-state index contributed by atoms with van der Waals surface area (Å²) in [6, 6.07) is 68.9. The Kier molecular flexibility index (Phi) is 9.26. The molecule has 0 unspecified atom stereocenters. The van der Waals surface area contributed by atoms with Crippen molar-refractivity contribution < 1.29 is 26.5 Å². The number of nitrogens with zero attached hydrogens (tertiary/aromatic N) is 3. The highest BCUT2D eigenvalue weighted by atomic mass is 16.4. The molecule has 0 aliphatic heterocycles. The Morgan fingerprint density at radius 2 is 0.881 bits per heavy atom. The van der Waals surface area contributed by atoms with Crippen molar-refractivity contribution in [2.24, 2.45) is 0 Å². The first-order valence-electron chi connectivity index (χ1n) is 28.2. The summed E-state index contributed by atoms with van der Waals surface area (Å²) in [6.07, 6.45) is 9.84. The minimum atomic E-state index is 0.598. The normalized spacial score (nSPS) is 12.9. The van der Waals surface area contributed by atoms with E-state index in [0.29, 0.717) is 11.5 Å². The highest BCUT2D eigenvalue weighted by molar-refractivity contribution is 6.34. The topological polar surface area (TPSA) is 118 Å². The molecule has 0 saturated carbocycles. The Bertz CT molecular complexity index is 5840. The Labute approximate surface area is 475 Å². The summed E-state index contributed by atoms with van der Waals surface area (Å²) in [6.45, 7) is 0. The molecule has 0 amide bonds. The van der Waals surface area contributed by atoms with Gasteiger partial charge in [-0.2, -0.15) is 0 Å². The van der Waals surface area contributed by atoms with E-state index < -0.39 is 0 Å². The minimum absolute atomic E-state index is 0.598. The number of furan rings is 6. The highest BCUT2D eigenvalue weighted by Crippen LogP contribution is 2.50. The van der Waals surface area contributed by atoms with Crippen molar-refractivity contribution in [1.29, 1.82) is 0 Å². The average molecular weight is 1080 g/mol. The third-order valence-corrected chi connectivity index (χ3v) is 17.3. The van der Waals surface area contributed by atoms with Crippen LogP contribution in [0.15, 0.2) is 245 Å². The van der Waals surface area contributed by atoms with Gasteiger partial charge in [-0.15, -0.1) is 0 Å². The standard InChI is InChI=1S/C75H41N3O6/c1-2-10-45(11-3-1)75-77-54(39-55(78-75)53-38-63-69(67-50-14-6-9-17-58(50)83-73(53)67)70-61(81-63)29-28-48-47-12-4-7-15-56(47)82-72(48)70)44-24-20-41(21-25-44)46-26-27-51-62(36-46)79-59-30-31-60-68(66(51)59)71-64(80-60)37-52(65-49-13-5-8-16-57(49)84-74(65)71)43-22-18-40(19-23-43)42-32-34-76-35-33-42/h1-3,5-11,13-39H,4,12H2. The summed E-state index contributed by atoms with van der Waals surface area (Å²) < 4.78 is 40.8. The number of pyridine rings is 1. The second kappa shape index (κ2) is 17.1. The van der Waals surface area contributed by atoms with Gasteiger partial charge in [0.2, 0.25) is 0 Å². The average Bonchev–Trinajstić information content (AvgIpc) is 3.50. The van der Waals surface area contributed by atoms with Crippen LogP contribution in [0.25, 0.3) is 194 Å². The fraction of sp³-hybridized carbons (Fsp3) is 0.0267. The van der Waals surface area contributed by atoms with Crippen LogP contribution in [0.5, 0.6) is 0 Å². The number of hydrogen-bond acceptors (Lipinski definition) is 9. The van der Waals surface area contributed by atoms with Crippen molar-refractivity contribution in [3.05, 3.63) is 230 Å². The van der Waals surface area contributed by atoms with E-state index in [0.717, 1.165) is 195 Å². The zero-order valence-corrected chi connectivity index (χ0v) is 44.6. The molecule has 19 rings (SSSR count). The van der Waals surface area contributed by atoms with Crippen molar-refractivity contribution in [2.75, 3.05) is 0 Å². The van der Waals surface area contributed by atoms with E-state index in [2.05, 4.69) is 138 Å². The summed E-state index contributed by atoms with van der Waals surface area (Å²) >= 11 is 0. The van der Waals surface area contributed by atoms with Gasteiger partial charge in [-0.3, -0.25) is 4.98 Å². The first-order valence-corrected chi connectivity index (χ1v) is 28.2. The van der Waals surface area contributed by atoms with Crippen LogP contribution in [0.3, 0.4) is 0 Å². The highest BCUT2D eigenvalue weighted by Gasteiger charge is 2.28. The van der Waals surface area contributed by atoms with Gasteiger partial charge in [0, 0.05) is 83.1 Å². The number of benzene rings is 10. The fourth-order valence-corrected chi connectivity index (χ4v) is 13.4. The smallest absolute Gasteiger partial charge is 0.160 e. The van der Waals surface area contributed by atoms with Gasteiger partial charge in [-0.05, 0) is 131 Å². The van der Waals surface area contributed by atoms with Crippen molar-refractivity contribution in [1.82, 2.24) is 15.0 Å². The van der Waals surface area contributed by atoms with Crippen LogP contribution in [0, 0.1) is 0 Å². The molecule has 18 aromatic rings. The number of rotatable bonds is 6. The van der Waals surface area contributed by atoms with Gasteiger partial charge >= 0.3 is 0 Å². The van der Waals surface area contributed by atoms with Crippen LogP contribution in [0.4, 0.5) is 0 Å². The van der Waals surface area contributed by atoms with Crippen molar-refractivity contribution in [3.63, 3.8) is 0 Å². The van der Waals surface area contributed by atoms with Crippen LogP contribution in [-0.2, 0) is 6.42 Å². The summed E-state index contributed by atoms with van der Waals surface area (Å²) in [5.41, 5.74) is 20.2. The van der Waals surface area contributed by atoms with E-state index in [1.807, 2.05) is 91.3 Å². The molecule has 0 spiro atoms. The molecule has 0 atom stereocenters. The number of aryl methyl sites for hydroxylation is 1. The summed E-state index contributed by atoms with van der Waals surface area (Å²) in [4.78, 5) is 14.8. The quantitative estimate of drug-likeness (QED) is 0.160. The Morgan fingerprint density at radius 1 is 0.310 bits per heavy atom. The molecule has 9 heteroatoms. The summed E-state index contributed by atoms with van der Waals surface area (Å²) in [5.74, 6) is 1.51. The van der Waals surface area contributed by atoms with E-state index in [1.165, 1.54) is 5.56 Å². The molecule has 9 nitrogen and oxygen atoms in total. The molecule has 392 valence electrons. The van der Waals surface area contributed by atoms with Gasteiger partial charge in [0.15, 0.2) is 5.82 Å². The maximum Gasteiger partial charge on any atom is 0.160 e. The SMILES string of the molecule is C1=Cc2oc3c(ccc4oc5cc(-c6cc(-c7ccc(-c8ccc9c(c8)oc8ccc%10oc%11cc(-c%12ccc(-c%13ccncc%13)cc%12)c%12c%13ccccc%13oc%12c%11c%10c89)cc7)nc(-c7ccccc7)n6)c6oc7ccccc7c6c5c43)c2CC1. The van der Waals surface area contributed by atoms with E-state index in [9.17, 15) is 0 Å². The Balaban J connectivity index is 0.730. The fourth-order valence-electron chi connectivity index (χ4n) is 13.4. The van der Waals surface area contributed by atoms with Crippen molar-refractivity contribution in [3.8, 4) is 67.3 Å². The monoisotopic (exact) mass is 1080 g/mol. The number of para-hydroxylation sites is 2. The molecular weight excluding hydrogens is 1040 g/mol. The third kappa shape index (κ3) is 6.57. The third-order valence-electron chi connectivity index (χ3n) is 17.3. The minimum Gasteiger partial charge on any atom is -0.456 e. The number of fused-ring (bicyclic) bond motifs is 22. The Hall–Kier alpha value is -11.3. The summed E-state index contributed by atoms with van der Waals surface area (Å²) in [7, 11) is 0. The lowest BCUT2D eigenvalue weighted by molar-refractivity contribution is 0.598. The number of allylic oxidation sites excluding steroid dienone is 1. The van der Waals surface area contributed by atoms with Crippen LogP contribution in [0.1, 0.15) is 17.7 Å². The van der Waals surface area contributed by atoms with Gasteiger partial charge in [0.25, 0.3) is 0 Å². The van der Waals surface area contributed by atoms with Crippen LogP contribution >= 0.6 is 0 Å². The second-order valence-corrected chi connectivity index (χ2v) is 21.9. The first-order chi connectivity index (χ1) is 41.6.